The molecule has 0 aromatic heterocycles. The van der Waals surface area contributed by atoms with Crippen molar-refractivity contribution in [3.63, 3.8) is 0 Å². The van der Waals surface area contributed by atoms with Crippen molar-refractivity contribution in [1.29, 1.82) is 0 Å². The first-order chi connectivity index (χ1) is 5.11. The molecule has 0 saturated carbocycles. The van der Waals surface area contributed by atoms with E-state index in [1.807, 2.05) is 0 Å². The van der Waals surface area contributed by atoms with Crippen LogP contribution in [0, 0.1) is 0 Å². The minimum atomic E-state index is -0.792. The Morgan fingerprint density at radius 3 is 2.82 bits per heavy atom. The summed E-state index contributed by atoms with van der Waals surface area (Å²) >= 11 is 0. The zero-order valence-electron chi connectivity index (χ0n) is 6.78. The molecule has 0 aliphatic carbocycles. The lowest BCUT2D eigenvalue weighted by molar-refractivity contribution is -0.170. The largest absolute Gasteiger partial charge is 0.389 e. The quantitative estimate of drug-likeness (QED) is 0.462. The first kappa shape index (κ1) is 10.1. The predicted molar refractivity (Wildman–Crippen MR) is 40.6 cm³/mol. The molecule has 0 radical (unpaired) electrons. The van der Waals surface area contributed by atoms with Crippen LogP contribution in [-0.4, -0.2) is 36.3 Å². The molecule has 0 aromatic rings. The Balaban J connectivity index is 3.76. The van der Waals surface area contributed by atoms with Crippen molar-refractivity contribution < 1.29 is 14.7 Å². The fourth-order valence-electron chi connectivity index (χ4n) is 0.493. The highest BCUT2D eigenvalue weighted by molar-refractivity contribution is 5.75. The van der Waals surface area contributed by atoms with Gasteiger partial charge in [-0.1, -0.05) is 6.08 Å². The van der Waals surface area contributed by atoms with Crippen LogP contribution in [-0.2, 0) is 9.63 Å². The fourth-order valence-corrected chi connectivity index (χ4v) is 0.493. The number of aliphatic hydroxyl groups excluding tert-OH is 1. The van der Waals surface area contributed by atoms with E-state index in [1.165, 1.54) is 20.2 Å². The van der Waals surface area contributed by atoms with E-state index in [2.05, 4.69) is 11.4 Å². The van der Waals surface area contributed by atoms with Crippen LogP contribution in [0.1, 0.15) is 6.42 Å². The van der Waals surface area contributed by atoms with Crippen LogP contribution in [0.4, 0.5) is 0 Å². The molecule has 0 unspecified atom stereocenters. The fraction of sp³-hybridized carbons (Fsp3) is 0.571. The number of rotatable bonds is 4. The Morgan fingerprint density at radius 1 is 1.91 bits per heavy atom. The Bertz CT molecular complexity index is 147. The van der Waals surface area contributed by atoms with Crippen LogP contribution < -0.4 is 0 Å². The van der Waals surface area contributed by atoms with Gasteiger partial charge in [-0.3, -0.25) is 9.63 Å². The number of nitrogens with zero attached hydrogens (tertiary/aromatic N) is 1. The summed E-state index contributed by atoms with van der Waals surface area (Å²) in [7, 11) is 2.87. The molecule has 1 atom stereocenters. The van der Waals surface area contributed by atoms with E-state index in [9.17, 15) is 4.79 Å². The third-order valence-electron chi connectivity index (χ3n) is 1.28. The van der Waals surface area contributed by atoms with Crippen LogP contribution >= 0.6 is 0 Å². The van der Waals surface area contributed by atoms with Gasteiger partial charge >= 0.3 is 0 Å². The van der Waals surface area contributed by atoms with Crippen molar-refractivity contribution in [1.82, 2.24) is 5.06 Å². The summed E-state index contributed by atoms with van der Waals surface area (Å²) in [5.74, 6) is -0.278. The molecule has 4 heteroatoms. The summed E-state index contributed by atoms with van der Waals surface area (Å²) in [6, 6.07) is 0. The minimum absolute atomic E-state index is 0.00778. The number of carbonyl (C=O) groups is 1. The van der Waals surface area contributed by atoms with Gasteiger partial charge in [0.25, 0.3) is 0 Å². The van der Waals surface area contributed by atoms with E-state index in [-0.39, 0.29) is 12.3 Å². The zero-order valence-corrected chi connectivity index (χ0v) is 6.78. The second-order valence-electron chi connectivity index (χ2n) is 2.08. The maximum Gasteiger partial charge on any atom is 0.248 e. The third-order valence-corrected chi connectivity index (χ3v) is 1.28. The summed E-state index contributed by atoms with van der Waals surface area (Å²) in [6.07, 6.45) is 0.523. The van der Waals surface area contributed by atoms with Gasteiger partial charge in [0.15, 0.2) is 0 Å². The molecule has 64 valence electrons. The maximum absolute atomic E-state index is 10.9. The van der Waals surface area contributed by atoms with Crippen molar-refractivity contribution in [2.45, 2.75) is 12.5 Å². The first-order valence-electron chi connectivity index (χ1n) is 3.23. The summed E-state index contributed by atoms with van der Waals surface area (Å²) in [4.78, 5) is 15.5. The van der Waals surface area contributed by atoms with E-state index in [4.69, 9.17) is 5.11 Å². The van der Waals surface area contributed by atoms with Gasteiger partial charge in [0.05, 0.1) is 19.6 Å². The molecule has 1 N–H and O–H groups in total. The molecule has 0 heterocycles. The number of aliphatic hydroxyl groups is 1. The Hall–Kier alpha value is -0.870. The van der Waals surface area contributed by atoms with Gasteiger partial charge in [-0.05, 0) is 0 Å². The van der Waals surface area contributed by atoms with E-state index >= 15 is 0 Å². The second-order valence-corrected chi connectivity index (χ2v) is 2.08. The number of hydrogen-bond donors (Lipinski definition) is 1. The predicted octanol–water partition coefficient (Wildman–Crippen LogP) is -0.0568. The van der Waals surface area contributed by atoms with Crippen molar-refractivity contribution >= 4 is 5.91 Å². The molecule has 4 nitrogen and oxygen atoms in total. The summed E-state index contributed by atoms with van der Waals surface area (Å²) in [6.45, 7) is 3.34. The molecule has 0 rings (SSSR count). The lowest BCUT2D eigenvalue weighted by atomic mass is 10.2. The highest BCUT2D eigenvalue weighted by atomic mass is 16.7. The van der Waals surface area contributed by atoms with Gasteiger partial charge < -0.3 is 5.11 Å². The van der Waals surface area contributed by atoms with Gasteiger partial charge in [-0.2, -0.15) is 0 Å². The molecular weight excluding hydrogens is 146 g/mol. The average Bonchev–Trinajstić information content (AvgIpc) is 2.02. The number of amides is 1. The first-order valence-corrected chi connectivity index (χ1v) is 3.23. The van der Waals surface area contributed by atoms with E-state index in [1.54, 1.807) is 0 Å². The lowest BCUT2D eigenvalue weighted by Crippen LogP contribution is -2.28. The monoisotopic (exact) mass is 159 g/mol. The van der Waals surface area contributed by atoms with Gasteiger partial charge in [0.2, 0.25) is 5.91 Å². The normalized spacial score (nSPS) is 12.3. The molecule has 0 aliphatic rings. The van der Waals surface area contributed by atoms with Gasteiger partial charge in [0.1, 0.15) is 0 Å². The van der Waals surface area contributed by atoms with Crippen LogP contribution in [0.2, 0.25) is 0 Å². The topological polar surface area (TPSA) is 49.8 Å². The van der Waals surface area contributed by atoms with Crippen molar-refractivity contribution in [3.8, 4) is 0 Å². The van der Waals surface area contributed by atoms with Gasteiger partial charge in [-0.15, -0.1) is 6.58 Å². The highest BCUT2D eigenvalue weighted by Crippen LogP contribution is 1.96. The summed E-state index contributed by atoms with van der Waals surface area (Å²) in [5.41, 5.74) is 0. The standard InChI is InChI=1S/C7H13NO3/c1-4-6(9)5-7(10)8(2)11-3/h4,6,9H,1,5H2,2-3H3/t6-/m1/s1. The van der Waals surface area contributed by atoms with E-state index in [0.717, 1.165) is 5.06 Å². The third kappa shape index (κ3) is 3.75. The smallest absolute Gasteiger partial charge is 0.248 e. The van der Waals surface area contributed by atoms with Crippen molar-refractivity contribution in [2.24, 2.45) is 0 Å². The average molecular weight is 159 g/mol. The molecule has 0 bridgehead atoms. The van der Waals surface area contributed by atoms with Crippen LogP contribution in [0.25, 0.3) is 0 Å². The summed E-state index contributed by atoms with van der Waals surface area (Å²) < 4.78 is 0. The lowest BCUT2D eigenvalue weighted by Gasteiger charge is -2.14. The molecule has 0 saturated heterocycles. The molecule has 11 heavy (non-hydrogen) atoms. The highest BCUT2D eigenvalue weighted by Gasteiger charge is 2.11. The Morgan fingerprint density at radius 2 is 2.45 bits per heavy atom. The molecule has 0 aliphatic heterocycles. The van der Waals surface area contributed by atoms with Gasteiger partial charge in [-0.25, -0.2) is 5.06 Å². The number of hydroxylamine groups is 2. The van der Waals surface area contributed by atoms with Crippen molar-refractivity contribution in [2.75, 3.05) is 14.2 Å². The number of carbonyl (C=O) groups excluding carboxylic acids is 1. The van der Waals surface area contributed by atoms with E-state index < -0.39 is 6.10 Å². The molecule has 0 fully saturated rings. The van der Waals surface area contributed by atoms with E-state index in [0.29, 0.717) is 0 Å². The zero-order chi connectivity index (χ0) is 8.85. The molecule has 0 spiro atoms. The molecule has 1 amide bonds. The van der Waals surface area contributed by atoms with Crippen LogP contribution in [0.15, 0.2) is 12.7 Å². The van der Waals surface area contributed by atoms with Crippen LogP contribution in [0.5, 0.6) is 0 Å². The SMILES string of the molecule is C=C[C@@H](O)CC(=O)N(C)OC. The molecular formula is C7H13NO3. The summed E-state index contributed by atoms with van der Waals surface area (Å²) in [5, 5.41) is 10.0. The minimum Gasteiger partial charge on any atom is -0.389 e. The maximum atomic E-state index is 10.9. The Kier molecular flexibility index (Phi) is 4.49. The van der Waals surface area contributed by atoms with Gasteiger partial charge in [0, 0.05) is 7.05 Å². The van der Waals surface area contributed by atoms with Crippen molar-refractivity contribution in [3.05, 3.63) is 12.7 Å². The second kappa shape index (κ2) is 4.87. The molecule has 0 aromatic carbocycles. The van der Waals surface area contributed by atoms with Crippen LogP contribution in [0.3, 0.4) is 0 Å². The number of hydrogen-bond acceptors (Lipinski definition) is 3. The Labute approximate surface area is 66.0 Å².